The molecule has 0 fully saturated rings. The Kier molecular flexibility index (Phi) is 2.78. The highest BCUT2D eigenvalue weighted by molar-refractivity contribution is 5.64. The first-order valence-corrected chi connectivity index (χ1v) is 5.60. The molecule has 0 atom stereocenters. The molecule has 0 saturated carbocycles. The van der Waals surface area contributed by atoms with Crippen molar-refractivity contribution in [3.8, 4) is 11.3 Å². The molecule has 0 amide bonds. The summed E-state index contributed by atoms with van der Waals surface area (Å²) in [6.07, 6.45) is 0. The van der Waals surface area contributed by atoms with Gasteiger partial charge in [-0.25, -0.2) is 0 Å². The second kappa shape index (κ2) is 4.09. The monoisotopic (exact) mass is 211 g/mol. The summed E-state index contributed by atoms with van der Waals surface area (Å²) in [6.45, 7) is 8.40. The fourth-order valence-corrected chi connectivity index (χ4v) is 1.79. The van der Waals surface area contributed by atoms with E-state index < -0.39 is 0 Å². The summed E-state index contributed by atoms with van der Waals surface area (Å²) < 4.78 is 0. The largest absolute Gasteiger partial charge is 0.253 e. The lowest BCUT2D eigenvalue weighted by Gasteiger charge is -2.08. The molecular formula is C15H17N. The minimum absolute atomic E-state index is 1.07. The van der Waals surface area contributed by atoms with Gasteiger partial charge in [0.1, 0.15) is 0 Å². The van der Waals surface area contributed by atoms with E-state index in [4.69, 9.17) is 0 Å². The molecule has 0 aliphatic heterocycles. The number of pyridine rings is 1. The molecule has 0 N–H and O–H groups in total. The summed E-state index contributed by atoms with van der Waals surface area (Å²) in [4.78, 5) is 4.64. The van der Waals surface area contributed by atoms with Crippen LogP contribution in [0.25, 0.3) is 11.3 Å². The Morgan fingerprint density at radius 3 is 2.19 bits per heavy atom. The molecule has 0 radical (unpaired) electrons. The standard InChI is InChI=1S/C15H17N/c1-10-5-6-12(3)14(9-10)15-8-7-11(2)13(4)16-15/h5-9H,1-4H3. The minimum atomic E-state index is 1.07. The molecule has 1 heterocycles. The van der Waals surface area contributed by atoms with Gasteiger partial charge in [0.25, 0.3) is 0 Å². The molecule has 2 aromatic rings. The van der Waals surface area contributed by atoms with E-state index in [9.17, 15) is 0 Å². The lowest BCUT2D eigenvalue weighted by molar-refractivity contribution is 1.15. The van der Waals surface area contributed by atoms with Gasteiger partial charge < -0.3 is 0 Å². The Hall–Kier alpha value is -1.63. The first-order valence-electron chi connectivity index (χ1n) is 5.60. The van der Waals surface area contributed by atoms with Gasteiger partial charge in [0.15, 0.2) is 0 Å². The predicted molar refractivity (Wildman–Crippen MR) is 68.6 cm³/mol. The topological polar surface area (TPSA) is 12.9 Å². The van der Waals surface area contributed by atoms with E-state index in [2.05, 4.69) is 63.0 Å². The molecule has 1 aromatic carbocycles. The maximum atomic E-state index is 4.64. The van der Waals surface area contributed by atoms with Gasteiger partial charge in [-0.1, -0.05) is 23.8 Å². The van der Waals surface area contributed by atoms with Gasteiger partial charge in [-0.05, 0) is 51.0 Å². The third-order valence-corrected chi connectivity index (χ3v) is 3.02. The van der Waals surface area contributed by atoms with Crippen LogP contribution in [0.1, 0.15) is 22.4 Å². The van der Waals surface area contributed by atoms with Crippen molar-refractivity contribution in [2.75, 3.05) is 0 Å². The lowest BCUT2D eigenvalue weighted by atomic mass is 10.0. The summed E-state index contributed by atoms with van der Waals surface area (Å²) in [5.41, 5.74) is 7.22. The predicted octanol–water partition coefficient (Wildman–Crippen LogP) is 3.98. The molecule has 0 unspecified atom stereocenters. The smallest absolute Gasteiger partial charge is 0.0708 e. The van der Waals surface area contributed by atoms with Gasteiger partial charge in [0.2, 0.25) is 0 Å². The Morgan fingerprint density at radius 2 is 1.50 bits per heavy atom. The quantitative estimate of drug-likeness (QED) is 0.695. The molecule has 82 valence electrons. The van der Waals surface area contributed by atoms with Gasteiger partial charge in [0, 0.05) is 11.3 Å². The van der Waals surface area contributed by atoms with Crippen molar-refractivity contribution in [1.29, 1.82) is 0 Å². The summed E-state index contributed by atoms with van der Waals surface area (Å²) in [5, 5.41) is 0. The van der Waals surface area contributed by atoms with Crippen molar-refractivity contribution in [3.63, 3.8) is 0 Å². The average molecular weight is 211 g/mol. The van der Waals surface area contributed by atoms with Crippen molar-refractivity contribution < 1.29 is 0 Å². The number of rotatable bonds is 1. The molecular weight excluding hydrogens is 194 g/mol. The second-order valence-corrected chi connectivity index (χ2v) is 4.42. The van der Waals surface area contributed by atoms with E-state index in [0.29, 0.717) is 0 Å². The Bertz CT molecular complexity index is 527. The number of aromatic nitrogens is 1. The van der Waals surface area contributed by atoms with E-state index in [-0.39, 0.29) is 0 Å². The third-order valence-electron chi connectivity index (χ3n) is 3.02. The number of aryl methyl sites for hydroxylation is 4. The van der Waals surface area contributed by atoms with Crippen LogP contribution >= 0.6 is 0 Å². The minimum Gasteiger partial charge on any atom is -0.253 e. The SMILES string of the molecule is Cc1ccc(C)c(-c2ccc(C)c(C)n2)c1. The highest BCUT2D eigenvalue weighted by Gasteiger charge is 2.04. The fourth-order valence-electron chi connectivity index (χ4n) is 1.79. The van der Waals surface area contributed by atoms with Gasteiger partial charge in [-0.15, -0.1) is 0 Å². The molecule has 0 aliphatic carbocycles. The van der Waals surface area contributed by atoms with Crippen molar-refractivity contribution in [2.24, 2.45) is 0 Å². The number of benzene rings is 1. The normalized spacial score (nSPS) is 10.5. The van der Waals surface area contributed by atoms with Crippen LogP contribution < -0.4 is 0 Å². The molecule has 0 saturated heterocycles. The van der Waals surface area contributed by atoms with E-state index in [1.807, 2.05) is 0 Å². The van der Waals surface area contributed by atoms with Crippen molar-refractivity contribution in [3.05, 3.63) is 52.7 Å². The Balaban J connectivity index is 2.58. The van der Waals surface area contributed by atoms with E-state index >= 15 is 0 Å². The van der Waals surface area contributed by atoms with Crippen LogP contribution in [-0.4, -0.2) is 4.98 Å². The van der Waals surface area contributed by atoms with E-state index in [0.717, 1.165) is 11.4 Å². The van der Waals surface area contributed by atoms with Crippen LogP contribution in [0.2, 0.25) is 0 Å². The fraction of sp³-hybridized carbons (Fsp3) is 0.267. The number of hydrogen-bond donors (Lipinski definition) is 0. The lowest BCUT2D eigenvalue weighted by Crippen LogP contribution is -1.92. The molecule has 16 heavy (non-hydrogen) atoms. The molecule has 0 bridgehead atoms. The van der Waals surface area contributed by atoms with E-state index in [1.54, 1.807) is 0 Å². The van der Waals surface area contributed by atoms with Crippen LogP contribution in [0, 0.1) is 27.7 Å². The van der Waals surface area contributed by atoms with Gasteiger partial charge in [-0.3, -0.25) is 4.98 Å². The molecule has 1 heteroatoms. The van der Waals surface area contributed by atoms with Crippen LogP contribution in [0.3, 0.4) is 0 Å². The summed E-state index contributed by atoms with van der Waals surface area (Å²) >= 11 is 0. The summed E-state index contributed by atoms with van der Waals surface area (Å²) in [5.74, 6) is 0. The molecule has 2 rings (SSSR count). The van der Waals surface area contributed by atoms with Crippen molar-refractivity contribution in [1.82, 2.24) is 4.98 Å². The van der Waals surface area contributed by atoms with Crippen LogP contribution in [0.4, 0.5) is 0 Å². The third kappa shape index (κ3) is 1.99. The van der Waals surface area contributed by atoms with Crippen molar-refractivity contribution >= 4 is 0 Å². The van der Waals surface area contributed by atoms with Crippen LogP contribution in [-0.2, 0) is 0 Å². The summed E-state index contributed by atoms with van der Waals surface area (Å²) in [6, 6.07) is 10.7. The molecule has 1 nitrogen and oxygen atoms in total. The Labute approximate surface area is 97.2 Å². The second-order valence-electron chi connectivity index (χ2n) is 4.42. The Morgan fingerprint density at radius 1 is 0.812 bits per heavy atom. The number of nitrogens with zero attached hydrogens (tertiary/aromatic N) is 1. The first-order chi connectivity index (χ1) is 7.58. The highest BCUT2D eigenvalue weighted by atomic mass is 14.7. The highest BCUT2D eigenvalue weighted by Crippen LogP contribution is 2.23. The van der Waals surface area contributed by atoms with Gasteiger partial charge in [0.05, 0.1) is 5.69 Å². The zero-order chi connectivity index (χ0) is 11.7. The molecule has 0 aliphatic rings. The van der Waals surface area contributed by atoms with Crippen LogP contribution in [0.15, 0.2) is 30.3 Å². The van der Waals surface area contributed by atoms with Crippen molar-refractivity contribution in [2.45, 2.75) is 27.7 Å². The maximum Gasteiger partial charge on any atom is 0.0708 e. The van der Waals surface area contributed by atoms with Crippen LogP contribution in [0.5, 0.6) is 0 Å². The average Bonchev–Trinajstić information content (AvgIpc) is 2.26. The zero-order valence-corrected chi connectivity index (χ0v) is 10.3. The molecule has 1 aromatic heterocycles. The van der Waals surface area contributed by atoms with E-state index in [1.165, 1.54) is 22.3 Å². The summed E-state index contributed by atoms with van der Waals surface area (Å²) in [7, 11) is 0. The number of hydrogen-bond acceptors (Lipinski definition) is 1. The zero-order valence-electron chi connectivity index (χ0n) is 10.3. The molecule has 0 spiro atoms. The van der Waals surface area contributed by atoms with Gasteiger partial charge in [-0.2, -0.15) is 0 Å². The first kappa shape index (κ1) is 10.9. The van der Waals surface area contributed by atoms with Gasteiger partial charge >= 0.3 is 0 Å². The maximum absolute atomic E-state index is 4.64.